The van der Waals surface area contributed by atoms with E-state index < -0.39 is 7.26 Å². The largest absolute Gasteiger partial charge is 0.508 e. The first kappa shape index (κ1) is 26.5. The van der Waals surface area contributed by atoms with Crippen LogP contribution in [0.2, 0.25) is 0 Å². The number of hydrogen-bond acceptors (Lipinski definition) is 2. The zero-order valence-corrected chi connectivity index (χ0v) is 23.0. The van der Waals surface area contributed by atoms with Crippen molar-refractivity contribution in [3.05, 3.63) is 151 Å². The summed E-state index contributed by atoms with van der Waals surface area (Å²) in [5, 5.41) is 25.1. The maximum Gasteiger partial charge on any atom is 0.123 e. The van der Waals surface area contributed by atoms with Crippen LogP contribution in [0.1, 0.15) is 17.5 Å². The lowest BCUT2D eigenvalue weighted by Crippen LogP contribution is -2.33. The molecule has 0 saturated carbocycles. The number of aromatic hydroxyl groups is 2. The van der Waals surface area contributed by atoms with E-state index in [0.29, 0.717) is 6.42 Å². The molecule has 0 spiro atoms. The lowest BCUT2D eigenvalue weighted by atomic mass is 9.97. The van der Waals surface area contributed by atoms with Crippen molar-refractivity contribution >= 4 is 23.2 Å². The van der Waals surface area contributed by atoms with Crippen molar-refractivity contribution < 1.29 is 10.2 Å². The number of phenols is 2. The number of phenolic OH excluding ortho intramolecular Hbond substituents is 2. The lowest BCUT2D eigenvalue weighted by molar-refractivity contribution is 0.469. The second-order valence-corrected chi connectivity index (χ2v) is 13.4. The van der Waals surface area contributed by atoms with E-state index in [1.165, 1.54) is 21.5 Å². The second-order valence-electron chi connectivity index (χ2n) is 9.83. The number of aryl methyl sites for hydroxylation is 1. The van der Waals surface area contributed by atoms with Crippen molar-refractivity contribution in [1.82, 2.24) is 0 Å². The molecule has 2 nitrogen and oxygen atoms in total. The summed E-state index contributed by atoms with van der Waals surface area (Å²) in [6, 6.07) is 44.3. The highest BCUT2D eigenvalue weighted by Gasteiger charge is 2.44. The Balaban J connectivity index is 1.48. The molecule has 39 heavy (non-hydrogen) atoms. The monoisotopic (exact) mass is 529 g/mol. The summed E-state index contributed by atoms with van der Waals surface area (Å²) >= 11 is 0. The molecule has 0 aliphatic heterocycles. The molecule has 0 unspecified atom stereocenters. The van der Waals surface area contributed by atoms with Crippen LogP contribution < -0.4 is 15.9 Å². The Morgan fingerprint density at radius 3 is 1.69 bits per heavy atom. The summed E-state index contributed by atoms with van der Waals surface area (Å²) in [7, 11) is -1.88. The van der Waals surface area contributed by atoms with Crippen LogP contribution in [0.3, 0.4) is 0 Å². The van der Waals surface area contributed by atoms with Gasteiger partial charge in [0.2, 0.25) is 0 Å². The third-order valence-electron chi connectivity index (χ3n) is 7.37. The average Bonchev–Trinajstić information content (AvgIpc) is 2.99. The predicted octanol–water partition coefficient (Wildman–Crippen LogP) is 7.42. The van der Waals surface area contributed by atoms with Gasteiger partial charge in [0.15, 0.2) is 0 Å². The van der Waals surface area contributed by atoms with E-state index >= 15 is 0 Å². The first-order chi connectivity index (χ1) is 19.1. The van der Waals surface area contributed by atoms with E-state index in [2.05, 4.69) is 104 Å². The van der Waals surface area contributed by atoms with Crippen LogP contribution in [-0.4, -0.2) is 16.4 Å². The Morgan fingerprint density at radius 2 is 1.15 bits per heavy atom. The van der Waals surface area contributed by atoms with Gasteiger partial charge in [-0.25, -0.2) is 0 Å². The molecule has 0 saturated heterocycles. The van der Waals surface area contributed by atoms with Crippen LogP contribution in [0.5, 0.6) is 11.5 Å². The van der Waals surface area contributed by atoms with Gasteiger partial charge in [0, 0.05) is 5.56 Å². The van der Waals surface area contributed by atoms with E-state index in [1.807, 2.05) is 18.2 Å². The molecule has 3 heteroatoms. The van der Waals surface area contributed by atoms with Gasteiger partial charge in [0.25, 0.3) is 0 Å². The molecule has 0 fully saturated rings. The first-order valence-corrected chi connectivity index (χ1v) is 15.4. The Kier molecular flexibility index (Phi) is 8.25. The van der Waals surface area contributed by atoms with Gasteiger partial charge >= 0.3 is 0 Å². The van der Waals surface area contributed by atoms with E-state index in [0.717, 1.165) is 35.7 Å². The Labute approximate surface area is 232 Å². The van der Waals surface area contributed by atoms with Crippen LogP contribution in [0.25, 0.3) is 11.1 Å². The van der Waals surface area contributed by atoms with E-state index in [-0.39, 0.29) is 11.5 Å². The second kappa shape index (κ2) is 12.2. The minimum atomic E-state index is -1.88. The third kappa shape index (κ3) is 5.67. The summed E-state index contributed by atoms with van der Waals surface area (Å²) in [5.74, 6) is 0.492. The van der Waals surface area contributed by atoms with Gasteiger partial charge in [-0.2, -0.15) is 0 Å². The molecule has 0 heterocycles. The molecule has 0 aliphatic carbocycles. The summed E-state index contributed by atoms with van der Waals surface area (Å²) in [6.07, 6.45) is 5.30. The van der Waals surface area contributed by atoms with Crippen molar-refractivity contribution in [2.24, 2.45) is 0 Å². The molecule has 0 bridgehead atoms. The number of benzene rings is 5. The van der Waals surface area contributed by atoms with Gasteiger partial charge in [-0.15, -0.1) is 6.58 Å². The van der Waals surface area contributed by atoms with Gasteiger partial charge in [0.1, 0.15) is 34.7 Å². The smallest absolute Gasteiger partial charge is 0.123 e. The normalized spacial score (nSPS) is 11.3. The molecule has 5 aromatic rings. The molecule has 0 radical (unpaired) electrons. The lowest BCUT2D eigenvalue weighted by Gasteiger charge is -2.27. The topological polar surface area (TPSA) is 40.5 Å². The third-order valence-corrected chi connectivity index (χ3v) is 11.9. The van der Waals surface area contributed by atoms with Gasteiger partial charge < -0.3 is 10.2 Å². The van der Waals surface area contributed by atoms with Gasteiger partial charge in [0.05, 0.1) is 6.16 Å². The van der Waals surface area contributed by atoms with Crippen LogP contribution in [0.15, 0.2) is 140 Å². The predicted molar refractivity (Wildman–Crippen MR) is 167 cm³/mol. The van der Waals surface area contributed by atoms with Crippen molar-refractivity contribution in [3.8, 4) is 22.6 Å². The standard InChI is InChI=1S/C36H33O2P/c1-2-13-30-27-29(22-24-35(30)37)34-26-28(21-23-36(34)38)14-12-25-39(31-15-6-3-7-16-31,32-17-8-4-9-18-32)33-19-10-5-11-20-33/h2-11,15-24,26-27H,1,12-14,25H2,(H-,37,38)/p+1. The number of hydrogen-bond donors (Lipinski definition) is 2. The van der Waals surface area contributed by atoms with Gasteiger partial charge in [-0.1, -0.05) is 72.8 Å². The zero-order chi connectivity index (χ0) is 27.1. The number of rotatable bonds is 10. The minimum absolute atomic E-state index is 0.244. The van der Waals surface area contributed by atoms with E-state index in [9.17, 15) is 10.2 Å². The molecule has 0 aromatic heterocycles. The fraction of sp³-hybridized carbons (Fsp3) is 0.111. The molecular formula is C36H34O2P+. The highest BCUT2D eigenvalue weighted by atomic mass is 31.2. The van der Waals surface area contributed by atoms with Crippen molar-refractivity contribution in [3.63, 3.8) is 0 Å². The maximum atomic E-state index is 10.7. The van der Waals surface area contributed by atoms with Crippen molar-refractivity contribution in [1.29, 1.82) is 0 Å². The molecule has 2 N–H and O–H groups in total. The maximum absolute atomic E-state index is 10.7. The Bertz CT molecular complexity index is 1430. The molecule has 5 rings (SSSR count). The SMILES string of the molecule is C=CCc1cc(-c2cc(CCC[P+](c3ccccc3)(c3ccccc3)c3ccccc3)ccc2O)ccc1O. The van der Waals surface area contributed by atoms with Crippen molar-refractivity contribution in [2.75, 3.05) is 6.16 Å². The molecule has 0 amide bonds. The Hall–Kier alpha value is -4.13. The molecule has 0 aliphatic rings. The quantitative estimate of drug-likeness (QED) is 0.146. The average molecular weight is 530 g/mol. The summed E-state index contributed by atoms with van der Waals surface area (Å²) in [4.78, 5) is 0. The van der Waals surface area contributed by atoms with Crippen LogP contribution >= 0.6 is 7.26 Å². The minimum Gasteiger partial charge on any atom is -0.508 e. The number of allylic oxidation sites excluding steroid dienone is 1. The molecule has 5 aromatic carbocycles. The Morgan fingerprint density at radius 1 is 0.615 bits per heavy atom. The summed E-state index contributed by atoms with van der Waals surface area (Å²) < 4.78 is 0. The van der Waals surface area contributed by atoms with Gasteiger partial charge in [-0.3, -0.25) is 0 Å². The highest BCUT2D eigenvalue weighted by molar-refractivity contribution is 7.95. The van der Waals surface area contributed by atoms with Crippen molar-refractivity contribution in [2.45, 2.75) is 19.3 Å². The van der Waals surface area contributed by atoms with Gasteiger partial charge in [-0.05, 0) is 96.6 Å². The molecule has 0 atom stereocenters. The molecular weight excluding hydrogens is 495 g/mol. The van der Waals surface area contributed by atoms with Crippen LogP contribution in [0.4, 0.5) is 0 Å². The summed E-state index contributed by atoms with van der Waals surface area (Å²) in [5.41, 5.74) is 3.67. The summed E-state index contributed by atoms with van der Waals surface area (Å²) in [6.45, 7) is 3.79. The fourth-order valence-electron chi connectivity index (χ4n) is 5.44. The van der Waals surface area contributed by atoms with E-state index in [4.69, 9.17) is 0 Å². The molecule has 194 valence electrons. The zero-order valence-electron chi connectivity index (χ0n) is 22.1. The highest BCUT2D eigenvalue weighted by Crippen LogP contribution is 2.55. The van der Waals surface area contributed by atoms with E-state index in [1.54, 1.807) is 18.2 Å². The first-order valence-electron chi connectivity index (χ1n) is 13.4. The van der Waals surface area contributed by atoms with Crippen LogP contribution in [-0.2, 0) is 12.8 Å². The van der Waals surface area contributed by atoms with Crippen LogP contribution in [0, 0.1) is 0 Å². The fourth-order valence-corrected chi connectivity index (χ4v) is 9.79.